The maximum absolute atomic E-state index is 12.1. The quantitative estimate of drug-likeness (QED) is 0.888. The van der Waals surface area contributed by atoms with Crippen molar-refractivity contribution in [2.45, 2.75) is 31.9 Å². The molecule has 1 atom stereocenters. The summed E-state index contributed by atoms with van der Waals surface area (Å²) in [7, 11) is 0. The Kier molecular flexibility index (Phi) is 5.18. The molecule has 1 heterocycles. The molecule has 1 fully saturated rings. The van der Waals surface area contributed by atoms with Crippen LogP contribution in [0.15, 0.2) is 24.3 Å². The molecule has 1 aromatic carbocycles. The number of hydrogen-bond acceptors (Lipinski definition) is 4. The van der Waals surface area contributed by atoms with Crippen LogP contribution in [0, 0.1) is 0 Å². The van der Waals surface area contributed by atoms with Crippen LogP contribution in [0.3, 0.4) is 0 Å². The second-order valence-corrected chi connectivity index (χ2v) is 5.37. The van der Waals surface area contributed by atoms with Crippen molar-refractivity contribution in [3.8, 4) is 5.75 Å². The maximum Gasteiger partial charge on any atom is 0.387 e. The Morgan fingerprint density at radius 1 is 1.45 bits per heavy atom. The molecule has 1 aliphatic rings. The van der Waals surface area contributed by atoms with Crippen molar-refractivity contribution in [1.29, 1.82) is 0 Å². The molecule has 22 heavy (non-hydrogen) atoms. The molecule has 0 saturated carbocycles. The molecule has 0 radical (unpaired) electrons. The molecular formula is C15H19F2N2O3-. The summed E-state index contributed by atoms with van der Waals surface area (Å²) in [6.07, 6.45) is -0.0658. The average molecular weight is 313 g/mol. The Balaban J connectivity index is 2.16. The summed E-state index contributed by atoms with van der Waals surface area (Å²) in [4.78, 5) is 12.7. The molecule has 0 unspecified atom stereocenters. The van der Waals surface area contributed by atoms with E-state index in [0.717, 1.165) is 5.56 Å². The lowest BCUT2D eigenvalue weighted by Crippen LogP contribution is -2.66. The van der Waals surface area contributed by atoms with E-state index in [2.05, 4.69) is 10.1 Å². The lowest BCUT2D eigenvalue weighted by molar-refractivity contribution is -0.273. The Labute approximate surface area is 127 Å². The molecule has 1 N–H and O–H groups in total. The Bertz CT molecular complexity index is 510. The highest BCUT2D eigenvalue weighted by atomic mass is 19.3. The standard InChI is InChI=1S/C15H20F2N2O3/c1-2-15(10-18-7-8-19(15)14(20)21)9-11-3-5-12(6-4-11)22-13(16)17/h3-6,13,18H,2,7-10H2,1H3,(H,20,21)/p-1/t15-/m1/s1. The number of carbonyl (C=O) groups is 1. The number of alkyl halides is 2. The number of halogens is 2. The Morgan fingerprint density at radius 2 is 2.14 bits per heavy atom. The van der Waals surface area contributed by atoms with Crippen molar-refractivity contribution >= 4 is 6.09 Å². The summed E-state index contributed by atoms with van der Waals surface area (Å²) in [6.45, 7) is 0.577. The summed E-state index contributed by atoms with van der Waals surface area (Å²) >= 11 is 0. The number of ether oxygens (including phenoxy) is 1. The third-order valence-electron chi connectivity index (χ3n) is 4.10. The first-order chi connectivity index (χ1) is 10.5. The molecule has 2 rings (SSSR count). The minimum atomic E-state index is -2.86. The van der Waals surface area contributed by atoms with Crippen molar-refractivity contribution < 1.29 is 23.4 Å². The van der Waals surface area contributed by atoms with Gasteiger partial charge in [-0.3, -0.25) is 0 Å². The predicted octanol–water partition coefficient (Wildman–Crippen LogP) is 1.23. The van der Waals surface area contributed by atoms with Gasteiger partial charge in [-0.15, -0.1) is 0 Å². The maximum atomic E-state index is 12.1. The van der Waals surface area contributed by atoms with Crippen LogP contribution in [0.1, 0.15) is 18.9 Å². The molecule has 7 heteroatoms. The zero-order chi connectivity index (χ0) is 16.2. The van der Waals surface area contributed by atoms with Crippen molar-refractivity contribution in [2.75, 3.05) is 19.6 Å². The highest BCUT2D eigenvalue weighted by molar-refractivity contribution is 5.64. The fourth-order valence-corrected chi connectivity index (χ4v) is 2.90. The van der Waals surface area contributed by atoms with Crippen molar-refractivity contribution in [3.63, 3.8) is 0 Å². The van der Waals surface area contributed by atoms with Crippen molar-refractivity contribution in [3.05, 3.63) is 29.8 Å². The topological polar surface area (TPSA) is 64.6 Å². The summed E-state index contributed by atoms with van der Waals surface area (Å²) in [5, 5.41) is 14.6. The number of rotatable bonds is 5. The van der Waals surface area contributed by atoms with Crippen LogP contribution >= 0.6 is 0 Å². The van der Waals surface area contributed by atoms with Gasteiger partial charge in [0.1, 0.15) is 11.8 Å². The molecule has 1 aromatic rings. The molecule has 0 bridgehead atoms. The van der Waals surface area contributed by atoms with Gasteiger partial charge in [0.05, 0.1) is 5.54 Å². The first-order valence-corrected chi connectivity index (χ1v) is 7.20. The predicted molar refractivity (Wildman–Crippen MR) is 74.8 cm³/mol. The van der Waals surface area contributed by atoms with Gasteiger partial charge in [0.25, 0.3) is 0 Å². The smallest absolute Gasteiger partial charge is 0.387 e. The molecule has 0 spiro atoms. The number of piperazine rings is 1. The molecule has 1 amide bonds. The van der Waals surface area contributed by atoms with Gasteiger partial charge in [0.2, 0.25) is 0 Å². The van der Waals surface area contributed by atoms with Crippen LogP contribution in [0.2, 0.25) is 0 Å². The third kappa shape index (κ3) is 3.65. The molecule has 0 aromatic heterocycles. The van der Waals surface area contributed by atoms with Gasteiger partial charge in [-0.05, 0) is 30.5 Å². The summed E-state index contributed by atoms with van der Waals surface area (Å²) in [5.74, 6) is 0.0859. The van der Waals surface area contributed by atoms with Crippen LogP contribution in [0.25, 0.3) is 0 Å². The molecule has 1 aliphatic heterocycles. The normalized spacial score (nSPS) is 21.9. The molecular weight excluding hydrogens is 294 g/mol. The number of amides is 1. The molecule has 1 saturated heterocycles. The highest BCUT2D eigenvalue weighted by Crippen LogP contribution is 2.27. The van der Waals surface area contributed by atoms with E-state index in [9.17, 15) is 18.7 Å². The van der Waals surface area contributed by atoms with Gasteiger partial charge in [0.15, 0.2) is 0 Å². The third-order valence-corrected chi connectivity index (χ3v) is 4.10. The van der Waals surface area contributed by atoms with Crippen LogP contribution in [-0.2, 0) is 6.42 Å². The summed E-state index contributed by atoms with van der Waals surface area (Å²) < 4.78 is 28.6. The van der Waals surface area contributed by atoms with Crippen LogP contribution in [0.5, 0.6) is 5.75 Å². The van der Waals surface area contributed by atoms with Gasteiger partial charge in [-0.25, -0.2) is 0 Å². The number of carboxylic acid groups (broad SMARTS) is 1. The van der Waals surface area contributed by atoms with E-state index in [4.69, 9.17) is 0 Å². The number of nitrogens with one attached hydrogen (secondary N) is 1. The zero-order valence-corrected chi connectivity index (χ0v) is 12.4. The van der Waals surface area contributed by atoms with Crippen LogP contribution < -0.4 is 15.2 Å². The lowest BCUT2D eigenvalue weighted by atomic mass is 9.85. The summed E-state index contributed by atoms with van der Waals surface area (Å²) in [5.41, 5.74) is 0.278. The first-order valence-electron chi connectivity index (χ1n) is 7.20. The molecule has 0 aliphatic carbocycles. The lowest BCUT2D eigenvalue weighted by Gasteiger charge is -2.49. The fraction of sp³-hybridized carbons (Fsp3) is 0.533. The monoisotopic (exact) mass is 313 g/mol. The van der Waals surface area contributed by atoms with Gasteiger partial charge in [0, 0.05) is 19.6 Å². The second kappa shape index (κ2) is 6.91. The van der Waals surface area contributed by atoms with Gasteiger partial charge in [-0.2, -0.15) is 8.78 Å². The fourth-order valence-electron chi connectivity index (χ4n) is 2.90. The van der Waals surface area contributed by atoms with Crippen molar-refractivity contribution in [1.82, 2.24) is 10.2 Å². The SMILES string of the molecule is CC[C@@]1(Cc2ccc(OC(F)F)cc2)CNCCN1C(=O)[O-]. The second-order valence-electron chi connectivity index (χ2n) is 5.37. The first kappa shape index (κ1) is 16.5. The molecule has 5 nitrogen and oxygen atoms in total. The van der Waals surface area contributed by atoms with E-state index in [1.807, 2.05) is 6.92 Å². The van der Waals surface area contributed by atoms with Gasteiger partial charge < -0.3 is 24.9 Å². The van der Waals surface area contributed by atoms with Crippen LogP contribution in [0.4, 0.5) is 13.6 Å². The number of nitrogens with zero attached hydrogens (tertiary/aromatic N) is 1. The molecule has 122 valence electrons. The Hall–Kier alpha value is -1.89. The number of benzene rings is 1. The van der Waals surface area contributed by atoms with E-state index in [0.29, 0.717) is 32.5 Å². The largest absolute Gasteiger partial charge is 0.530 e. The van der Waals surface area contributed by atoms with E-state index in [-0.39, 0.29) is 5.75 Å². The highest BCUT2D eigenvalue weighted by Gasteiger charge is 2.37. The van der Waals surface area contributed by atoms with Crippen molar-refractivity contribution in [2.24, 2.45) is 0 Å². The van der Waals surface area contributed by atoms with E-state index in [1.165, 1.54) is 17.0 Å². The zero-order valence-electron chi connectivity index (χ0n) is 12.4. The van der Waals surface area contributed by atoms with Crippen LogP contribution in [-0.4, -0.2) is 42.8 Å². The number of carbonyl (C=O) groups excluding carboxylic acids is 1. The van der Waals surface area contributed by atoms with E-state index < -0.39 is 18.2 Å². The van der Waals surface area contributed by atoms with E-state index >= 15 is 0 Å². The minimum Gasteiger partial charge on any atom is -0.530 e. The average Bonchev–Trinajstić information content (AvgIpc) is 2.49. The van der Waals surface area contributed by atoms with E-state index in [1.54, 1.807) is 12.1 Å². The Morgan fingerprint density at radius 3 is 2.68 bits per heavy atom. The summed E-state index contributed by atoms with van der Waals surface area (Å²) in [6, 6.07) is 6.28. The minimum absolute atomic E-state index is 0.0859. The number of hydrogen-bond donors (Lipinski definition) is 1. The van der Waals surface area contributed by atoms with Gasteiger partial charge >= 0.3 is 6.61 Å². The van der Waals surface area contributed by atoms with Gasteiger partial charge in [-0.1, -0.05) is 19.1 Å².